The molecule has 0 aromatic heterocycles. The van der Waals surface area contributed by atoms with Crippen molar-refractivity contribution in [3.05, 3.63) is 95.3 Å². The van der Waals surface area contributed by atoms with Gasteiger partial charge in [0.25, 0.3) is 0 Å². The van der Waals surface area contributed by atoms with Crippen molar-refractivity contribution in [2.75, 3.05) is 5.32 Å². The number of Topliss-reactive ketones (excluding diaryl/α,β-unsaturated/α-hetero) is 1. The number of fused-ring (bicyclic) bond motifs is 2. The van der Waals surface area contributed by atoms with Crippen LogP contribution in [-0.4, -0.2) is 22.8 Å². The van der Waals surface area contributed by atoms with Gasteiger partial charge in [0.1, 0.15) is 17.1 Å². The predicted octanol–water partition coefficient (Wildman–Crippen LogP) is 4.98. The third kappa shape index (κ3) is 3.49. The number of ketones is 1. The smallest absolute Gasteiger partial charge is 0.250 e. The van der Waals surface area contributed by atoms with E-state index in [1.165, 1.54) is 24.3 Å². The average Bonchev–Trinajstić information content (AvgIpc) is 3.29. The number of phenols is 1. The minimum absolute atomic E-state index is 0.0791. The molecule has 5 nitrogen and oxygen atoms in total. The van der Waals surface area contributed by atoms with Crippen LogP contribution in [0.5, 0.6) is 5.75 Å². The van der Waals surface area contributed by atoms with Crippen LogP contribution in [0.25, 0.3) is 0 Å². The maximum Gasteiger partial charge on any atom is 0.250 e. The third-order valence-corrected chi connectivity index (χ3v) is 7.04. The van der Waals surface area contributed by atoms with Gasteiger partial charge in [-0.2, -0.15) is 0 Å². The van der Waals surface area contributed by atoms with Crippen LogP contribution in [0.2, 0.25) is 0 Å². The Hall–Kier alpha value is -3.51. The van der Waals surface area contributed by atoms with E-state index < -0.39 is 17.4 Å². The lowest BCUT2D eigenvalue weighted by Gasteiger charge is -2.32. The van der Waals surface area contributed by atoms with Crippen molar-refractivity contribution < 1.29 is 19.1 Å². The second kappa shape index (κ2) is 8.37. The number of amides is 1. The van der Waals surface area contributed by atoms with Crippen molar-refractivity contribution in [2.24, 2.45) is 11.8 Å². The summed E-state index contributed by atoms with van der Waals surface area (Å²) in [5, 5.41) is 16.3. The fraction of sp³-hybridized carbons (Fsp3) is 0.286. The molecule has 5 rings (SSSR count). The maximum absolute atomic E-state index is 14.0. The van der Waals surface area contributed by atoms with Crippen LogP contribution in [0.3, 0.4) is 0 Å². The van der Waals surface area contributed by atoms with Crippen molar-refractivity contribution >= 4 is 17.4 Å². The highest BCUT2D eigenvalue weighted by atomic mass is 19.1. The van der Waals surface area contributed by atoms with Crippen molar-refractivity contribution in [3.63, 3.8) is 0 Å². The minimum Gasteiger partial charge on any atom is -0.508 e. The number of halogens is 1. The summed E-state index contributed by atoms with van der Waals surface area (Å²) in [4.78, 5) is 27.7. The number of carbonyl (C=O) groups excluding carboxylic acids is 2. The van der Waals surface area contributed by atoms with Gasteiger partial charge in [-0.25, -0.2) is 4.39 Å². The zero-order valence-electron chi connectivity index (χ0n) is 19.1. The number of anilines is 1. The van der Waals surface area contributed by atoms with Gasteiger partial charge in [-0.15, -0.1) is 0 Å². The van der Waals surface area contributed by atoms with Crippen molar-refractivity contribution in [1.82, 2.24) is 5.32 Å². The Morgan fingerprint density at radius 1 is 1.03 bits per heavy atom. The molecule has 2 aliphatic rings. The molecule has 1 fully saturated rings. The standard InChI is InChI=1S/C28H27FN2O3/c1-16(2)15-23-24(26(33)18-9-13-20(32)14-10-18)25(17-7-11-19(29)12-8-17)28(31-23)21-5-3-4-6-22(21)30-27(28)34/h3-14,16,23-25,31-32H,15H2,1-2H3,(H,30,34)/t23-,24-,25+,28+/m1/s1. The van der Waals surface area contributed by atoms with E-state index in [2.05, 4.69) is 24.5 Å². The van der Waals surface area contributed by atoms with Crippen LogP contribution in [0.1, 0.15) is 47.7 Å². The Bertz CT molecular complexity index is 1240. The summed E-state index contributed by atoms with van der Waals surface area (Å²) in [6.07, 6.45) is 0.684. The van der Waals surface area contributed by atoms with Gasteiger partial charge in [0, 0.05) is 34.7 Å². The van der Waals surface area contributed by atoms with E-state index in [0.29, 0.717) is 17.7 Å². The molecule has 2 heterocycles. The largest absolute Gasteiger partial charge is 0.508 e. The molecule has 1 spiro atoms. The van der Waals surface area contributed by atoms with Crippen molar-refractivity contribution in [3.8, 4) is 5.75 Å². The van der Waals surface area contributed by atoms with Crippen LogP contribution >= 0.6 is 0 Å². The van der Waals surface area contributed by atoms with E-state index >= 15 is 0 Å². The lowest BCUT2D eigenvalue weighted by molar-refractivity contribution is -0.122. The first kappa shape index (κ1) is 22.3. The molecule has 34 heavy (non-hydrogen) atoms. The number of benzene rings is 3. The summed E-state index contributed by atoms with van der Waals surface area (Å²) in [6.45, 7) is 4.18. The normalized spacial score (nSPS) is 25.5. The zero-order valence-corrected chi connectivity index (χ0v) is 19.1. The van der Waals surface area contributed by atoms with E-state index in [9.17, 15) is 19.1 Å². The van der Waals surface area contributed by atoms with Crippen molar-refractivity contribution in [2.45, 2.75) is 37.8 Å². The number of nitrogens with one attached hydrogen (secondary N) is 2. The Labute approximate surface area is 198 Å². The molecule has 1 saturated heterocycles. The number of para-hydroxylation sites is 1. The number of hydrogen-bond donors (Lipinski definition) is 3. The average molecular weight is 459 g/mol. The molecule has 2 aliphatic heterocycles. The lowest BCUT2D eigenvalue weighted by atomic mass is 9.69. The Morgan fingerprint density at radius 2 is 1.71 bits per heavy atom. The maximum atomic E-state index is 14.0. The van der Waals surface area contributed by atoms with Crippen molar-refractivity contribution in [1.29, 1.82) is 0 Å². The molecule has 3 aromatic rings. The van der Waals surface area contributed by atoms with Gasteiger partial charge >= 0.3 is 0 Å². The molecule has 0 saturated carbocycles. The topological polar surface area (TPSA) is 78.4 Å². The Balaban J connectivity index is 1.73. The Morgan fingerprint density at radius 3 is 2.38 bits per heavy atom. The van der Waals surface area contributed by atoms with E-state index in [1.54, 1.807) is 24.3 Å². The lowest BCUT2D eigenvalue weighted by Crippen LogP contribution is -2.49. The van der Waals surface area contributed by atoms with Crippen LogP contribution < -0.4 is 10.6 Å². The highest BCUT2D eigenvalue weighted by molar-refractivity contribution is 6.09. The van der Waals surface area contributed by atoms with Crippen LogP contribution in [0.15, 0.2) is 72.8 Å². The van der Waals surface area contributed by atoms with Gasteiger partial charge in [-0.3, -0.25) is 14.9 Å². The van der Waals surface area contributed by atoms with Gasteiger partial charge < -0.3 is 10.4 Å². The van der Waals surface area contributed by atoms with Gasteiger partial charge in [0.15, 0.2) is 5.78 Å². The monoisotopic (exact) mass is 458 g/mol. The highest BCUT2D eigenvalue weighted by Gasteiger charge is 2.63. The van der Waals surface area contributed by atoms with E-state index in [4.69, 9.17) is 0 Å². The van der Waals surface area contributed by atoms with E-state index in [-0.39, 0.29) is 35.2 Å². The van der Waals surface area contributed by atoms with Crippen LogP contribution in [0.4, 0.5) is 10.1 Å². The van der Waals surface area contributed by atoms with Crippen LogP contribution in [0, 0.1) is 17.7 Å². The molecule has 174 valence electrons. The summed E-state index contributed by atoms with van der Waals surface area (Å²) in [5.74, 6) is -1.47. The molecule has 0 aliphatic carbocycles. The van der Waals surface area contributed by atoms with Gasteiger partial charge in [-0.1, -0.05) is 44.2 Å². The fourth-order valence-corrected chi connectivity index (χ4v) is 5.70. The van der Waals surface area contributed by atoms with Gasteiger partial charge in [0.05, 0.1) is 0 Å². The second-order valence-electron chi connectivity index (χ2n) is 9.65. The summed E-state index contributed by atoms with van der Waals surface area (Å²) in [7, 11) is 0. The molecule has 3 aromatic carbocycles. The molecule has 0 radical (unpaired) electrons. The molecule has 0 bridgehead atoms. The summed E-state index contributed by atoms with van der Waals surface area (Å²) in [6, 6.07) is 19.5. The summed E-state index contributed by atoms with van der Waals surface area (Å²) >= 11 is 0. The number of carbonyl (C=O) groups is 2. The fourth-order valence-electron chi connectivity index (χ4n) is 5.70. The first-order valence-corrected chi connectivity index (χ1v) is 11.6. The zero-order chi connectivity index (χ0) is 24.0. The highest BCUT2D eigenvalue weighted by Crippen LogP contribution is 2.55. The molecular weight excluding hydrogens is 431 g/mol. The third-order valence-electron chi connectivity index (χ3n) is 7.04. The molecule has 0 unspecified atom stereocenters. The minimum atomic E-state index is -1.16. The van der Waals surface area contributed by atoms with Gasteiger partial charge in [-0.05, 0) is 60.4 Å². The number of phenolic OH excluding ortho intramolecular Hbond substituents is 1. The first-order valence-electron chi connectivity index (χ1n) is 11.6. The predicted molar refractivity (Wildman–Crippen MR) is 128 cm³/mol. The molecule has 6 heteroatoms. The molecular formula is C28H27FN2O3. The van der Waals surface area contributed by atoms with E-state index in [0.717, 1.165) is 11.1 Å². The number of aromatic hydroxyl groups is 1. The molecule has 3 N–H and O–H groups in total. The quantitative estimate of drug-likeness (QED) is 0.471. The summed E-state index contributed by atoms with van der Waals surface area (Å²) in [5.41, 5.74) is 1.54. The van der Waals surface area contributed by atoms with Crippen LogP contribution in [-0.2, 0) is 10.3 Å². The first-order chi connectivity index (χ1) is 16.3. The SMILES string of the molecule is CC(C)C[C@H]1N[C@]2(C(=O)Nc3ccccc32)[C@@H](c2ccc(F)cc2)[C@@H]1C(=O)c1ccc(O)cc1. The Kier molecular flexibility index (Phi) is 5.48. The summed E-state index contributed by atoms with van der Waals surface area (Å²) < 4.78 is 13.9. The second-order valence-corrected chi connectivity index (χ2v) is 9.65. The van der Waals surface area contributed by atoms with E-state index in [1.807, 2.05) is 24.3 Å². The molecule has 4 atom stereocenters. The number of rotatable bonds is 5. The van der Waals surface area contributed by atoms with Gasteiger partial charge in [0.2, 0.25) is 5.91 Å². The number of hydrogen-bond acceptors (Lipinski definition) is 4. The molecule has 1 amide bonds.